The Morgan fingerprint density at radius 3 is 2.43 bits per heavy atom. The van der Waals surface area contributed by atoms with Crippen LogP contribution in [0.1, 0.15) is 33.4 Å². The molecule has 0 radical (unpaired) electrons. The number of nitrogens with one attached hydrogen (secondary N) is 1. The molecule has 21 heavy (non-hydrogen) atoms. The molecule has 1 aromatic heterocycles. The van der Waals surface area contributed by atoms with Crippen molar-refractivity contribution in [1.82, 2.24) is 15.1 Å². The third-order valence-corrected chi connectivity index (χ3v) is 4.08. The largest absolute Gasteiger partial charge is 0.324 e. The van der Waals surface area contributed by atoms with Crippen LogP contribution in [-0.4, -0.2) is 50.4 Å². The Bertz CT molecular complexity index is 511. The van der Waals surface area contributed by atoms with E-state index < -0.39 is 10.8 Å². The maximum absolute atomic E-state index is 12.1. The Labute approximate surface area is 128 Å². The van der Waals surface area contributed by atoms with E-state index in [2.05, 4.69) is 36.3 Å². The molecule has 0 aliphatic rings. The van der Waals surface area contributed by atoms with Gasteiger partial charge in [0.2, 0.25) is 0 Å². The van der Waals surface area contributed by atoms with Crippen LogP contribution < -0.4 is 5.32 Å². The lowest BCUT2D eigenvalue weighted by Crippen LogP contribution is -2.41. The first kappa shape index (κ1) is 17.6. The van der Waals surface area contributed by atoms with Gasteiger partial charge in [-0.25, -0.2) is 4.79 Å². The van der Waals surface area contributed by atoms with Gasteiger partial charge < -0.3 is 4.90 Å². The molecule has 1 aromatic rings. The highest BCUT2D eigenvalue weighted by Gasteiger charge is 2.19. The number of carbonyl (C=O) groups excluding carboxylic acids is 1. The normalized spacial score (nSPS) is 14.4. The van der Waals surface area contributed by atoms with Crippen molar-refractivity contribution >= 4 is 22.6 Å². The third-order valence-electron chi connectivity index (χ3n) is 3.13. The summed E-state index contributed by atoms with van der Waals surface area (Å²) in [5.41, 5.74) is 0.787. The van der Waals surface area contributed by atoms with E-state index in [1.54, 1.807) is 19.4 Å². The number of rotatable bonds is 4. The molecule has 0 aromatic carbocycles. The van der Waals surface area contributed by atoms with E-state index in [1.807, 2.05) is 13.0 Å². The molecule has 7 heteroatoms. The number of carbonyl (C=O) groups is 1. The lowest BCUT2D eigenvalue weighted by Gasteiger charge is -2.24. The highest BCUT2D eigenvalue weighted by atomic mass is 32.2. The second kappa shape index (κ2) is 6.98. The number of nitrogens with zero attached hydrogens (tertiary/aromatic N) is 3. The second-order valence-corrected chi connectivity index (χ2v) is 7.66. The van der Waals surface area contributed by atoms with Gasteiger partial charge in [-0.1, -0.05) is 20.8 Å². The fourth-order valence-electron chi connectivity index (χ4n) is 1.65. The monoisotopic (exact) mass is 312 g/mol. The maximum Gasteiger partial charge on any atom is 0.323 e. The zero-order valence-electron chi connectivity index (χ0n) is 13.5. The predicted molar refractivity (Wildman–Crippen MR) is 85.9 cm³/mol. The summed E-state index contributed by atoms with van der Waals surface area (Å²) in [7, 11) is 0.728. The Balaban J connectivity index is 2.68. The summed E-state index contributed by atoms with van der Waals surface area (Å²) >= 11 is 0. The Kier molecular flexibility index (Phi) is 5.83. The zero-order chi connectivity index (χ0) is 16.2. The van der Waals surface area contributed by atoms with Gasteiger partial charge in [0.1, 0.15) is 0 Å². The van der Waals surface area contributed by atoms with E-state index in [-0.39, 0.29) is 17.5 Å². The van der Waals surface area contributed by atoms with Crippen molar-refractivity contribution in [2.24, 2.45) is 0 Å². The van der Waals surface area contributed by atoms with Gasteiger partial charge in [-0.15, -0.1) is 5.10 Å². The molecule has 1 rings (SSSR count). The van der Waals surface area contributed by atoms with E-state index in [0.717, 1.165) is 5.69 Å². The summed E-state index contributed by atoms with van der Waals surface area (Å²) in [6, 6.07) is 3.19. The molecule has 2 atom stereocenters. The van der Waals surface area contributed by atoms with Crippen LogP contribution >= 0.6 is 0 Å². The van der Waals surface area contributed by atoms with Crippen LogP contribution in [0.15, 0.2) is 12.1 Å². The van der Waals surface area contributed by atoms with E-state index in [0.29, 0.717) is 11.6 Å². The summed E-state index contributed by atoms with van der Waals surface area (Å²) < 4.78 is 11.2. The molecule has 0 aliphatic carbocycles. The molecular weight excluding hydrogens is 288 g/mol. The molecule has 118 valence electrons. The minimum absolute atomic E-state index is 0.0773. The second-order valence-electron chi connectivity index (χ2n) is 6.18. The van der Waals surface area contributed by atoms with Crippen molar-refractivity contribution in [3.63, 3.8) is 0 Å². The molecule has 0 bridgehead atoms. The lowest BCUT2D eigenvalue weighted by atomic mass is 9.92. The van der Waals surface area contributed by atoms with E-state index in [1.165, 1.54) is 4.90 Å². The molecule has 1 heterocycles. The summed E-state index contributed by atoms with van der Waals surface area (Å²) in [4.78, 5) is 13.6. The first-order valence-corrected chi connectivity index (χ1v) is 8.52. The van der Waals surface area contributed by atoms with Crippen molar-refractivity contribution in [2.45, 2.75) is 39.2 Å². The van der Waals surface area contributed by atoms with Gasteiger partial charge in [0.05, 0.1) is 5.69 Å². The van der Waals surface area contributed by atoms with Gasteiger partial charge in [-0.3, -0.25) is 9.53 Å². The van der Waals surface area contributed by atoms with Crippen LogP contribution in [0.25, 0.3) is 0 Å². The number of anilines is 1. The quantitative estimate of drug-likeness (QED) is 0.922. The van der Waals surface area contributed by atoms with Gasteiger partial charge in [-0.05, 0) is 19.1 Å². The van der Waals surface area contributed by atoms with Crippen molar-refractivity contribution in [3.8, 4) is 0 Å². The number of urea groups is 1. The Morgan fingerprint density at radius 1 is 1.38 bits per heavy atom. The molecule has 0 fully saturated rings. The van der Waals surface area contributed by atoms with Gasteiger partial charge in [0, 0.05) is 41.3 Å². The average molecular weight is 312 g/mol. The molecule has 1 N–H and O–H groups in total. The van der Waals surface area contributed by atoms with Crippen LogP contribution in [0, 0.1) is 0 Å². The molecule has 0 saturated heterocycles. The van der Waals surface area contributed by atoms with Crippen LogP contribution in [0.5, 0.6) is 0 Å². The summed E-state index contributed by atoms with van der Waals surface area (Å²) in [6.07, 6.45) is 1.62. The molecule has 0 aliphatic heterocycles. The van der Waals surface area contributed by atoms with Crippen molar-refractivity contribution in [3.05, 3.63) is 17.8 Å². The van der Waals surface area contributed by atoms with Gasteiger partial charge >= 0.3 is 6.03 Å². The first-order valence-electron chi connectivity index (χ1n) is 6.79. The zero-order valence-corrected chi connectivity index (χ0v) is 14.3. The number of hydrogen-bond acceptors (Lipinski definition) is 4. The molecule has 6 nitrogen and oxygen atoms in total. The third kappa shape index (κ3) is 5.41. The van der Waals surface area contributed by atoms with Crippen LogP contribution in [-0.2, 0) is 16.2 Å². The smallest absolute Gasteiger partial charge is 0.323 e. The fourth-order valence-corrected chi connectivity index (χ4v) is 2.55. The average Bonchev–Trinajstić information content (AvgIpc) is 2.36. The fraction of sp³-hybridized carbons (Fsp3) is 0.643. The first-order chi connectivity index (χ1) is 9.61. The van der Waals surface area contributed by atoms with E-state index >= 15 is 0 Å². The molecule has 0 saturated carbocycles. The number of aromatic nitrogens is 2. The van der Waals surface area contributed by atoms with Gasteiger partial charge in [0.25, 0.3) is 0 Å². The SMILES string of the molecule is CC(CS(C)=O)N(C)C(=O)Nc1ccc(C(C)(C)C)nn1. The lowest BCUT2D eigenvalue weighted by molar-refractivity contribution is 0.212. The highest BCUT2D eigenvalue weighted by molar-refractivity contribution is 7.84. The van der Waals surface area contributed by atoms with Crippen molar-refractivity contribution < 1.29 is 9.00 Å². The number of hydrogen-bond donors (Lipinski definition) is 1. The Hall–Kier alpha value is -1.50. The minimum atomic E-state index is -0.942. The maximum atomic E-state index is 12.1. The number of amides is 2. The van der Waals surface area contributed by atoms with Crippen molar-refractivity contribution in [1.29, 1.82) is 0 Å². The highest BCUT2D eigenvalue weighted by Crippen LogP contribution is 2.19. The van der Waals surface area contributed by atoms with Crippen molar-refractivity contribution in [2.75, 3.05) is 24.4 Å². The summed E-state index contributed by atoms with van der Waals surface area (Å²) in [6.45, 7) is 8.01. The molecular formula is C14H24N4O2S. The minimum Gasteiger partial charge on any atom is -0.324 e. The van der Waals surface area contributed by atoms with Gasteiger partial charge in [-0.2, -0.15) is 5.10 Å². The van der Waals surface area contributed by atoms with Crippen LogP contribution in [0.4, 0.5) is 10.6 Å². The summed E-state index contributed by atoms with van der Waals surface area (Å²) in [5, 5.41) is 10.8. The van der Waals surface area contributed by atoms with Crippen LogP contribution in [0.3, 0.4) is 0 Å². The predicted octanol–water partition coefficient (Wildman–Crippen LogP) is 2.00. The van der Waals surface area contributed by atoms with Crippen LogP contribution in [0.2, 0.25) is 0 Å². The van der Waals surface area contributed by atoms with Gasteiger partial charge in [0.15, 0.2) is 5.82 Å². The molecule has 0 spiro atoms. The standard InChI is InChI=1S/C14H24N4O2S/c1-10(9-21(6)20)18(5)13(19)15-12-8-7-11(16-17-12)14(2,3)4/h7-8,10H,9H2,1-6H3,(H,15,17,19). The molecule has 2 amide bonds. The molecule has 2 unspecified atom stereocenters. The topological polar surface area (TPSA) is 75.2 Å². The van der Waals surface area contributed by atoms with E-state index in [9.17, 15) is 9.00 Å². The van der Waals surface area contributed by atoms with E-state index in [4.69, 9.17) is 0 Å². The Morgan fingerprint density at radius 2 is 2.00 bits per heavy atom. The summed E-state index contributed by atoms with van der Waals surface area (Å²) in [5.74, 6) is 0.850.